The van der Waals surface area contributed by atoms with Crippen molar-refractivity contribution in [3.63, 3.8) is 0 Å². The van der Waals surface area contributed by atoms with Crippen molar-refractivity contribution in [2.45, 2.75) is 29.6 Å². The Morgan fingerprint density at radius 1 is 0.871 bits per heavy atom. The summed E-state index contributed by atoms with van der Waals surface area (Å²) in [6.07, 6.45) is 0. The molecule has 3 amide bonds. The number of fused-ring (bicyclic) bond motifs is 2. The lowest BCUT2D eigenvalue weighted by molar-refractivity contribution is -0.123. The predicted molar refractivity (Wildman–Crippen MR) is 122 cm³/mol. The van der Waals surface area contributed by atoms with E-state index in [-0.39, 0.29) is 12.5 Å². The van der Waals surface area contributed by atoms with Crippen LogP contribution < -0.4 is 20.5 Å². The summed E-state index contributed by atoms with van der Waals surface area (Å²) in [6.45, 7) is 3.93. The quantitative estimate of drug-likeness (QED) is 0.553. The minimum absolute atomic E-state index is 0.201. The molecule has 0 fully saturated rings. The molecule has 1 heterocycles. The van der Waals surface area contributed by atoms with Gasteiger partial charge >= 0.3 is 6.03 Å². The minimum atomic E-state index is -0.448. The third kappa shape index (κ3) is 4.51. The number of benzene rings is 3. The molecule has 1 aliphatic heterocycles. The first-order valence-electron chi connectivity index (χ1n) is 10.0. The van der Waals surface area contributed by atoms with Crippen LogP contribution in [0.1, 0.15) is 25.3 Å². The fourth-order valence-electron chi connectivity index (χ4n) is 3.37. The number of carbonyl (C=O) groups excluding carboxylic acids is 2. The van der Waals surface area contributed by atoms with Crippen molar-refractivity contribution in [1.29, 1.82) is 0 Å². The molecule has 1 aliphatic rings. The number of amides is 3. The fourth-order valence-corrected chi connectivity index (χ4v) is 4.43. The molecular weight excluding hydrogens is 410 g/mol. The van der Waals surface area contributed by atoms with Crippen molar-refractivity contribution in [2.24, 2.45) is 0 Å². The number of ether oxygens (including phenoxy) is 1. The fraction of sp³-hybridized carbons (Fsp3) is 0.167. The zero-order valence-corrected chi connectivity index (χ0v) is 18.1. The van der Waals surface area contributed by atoms with Gasteiger partial charge < -0.3 is 4.74 Å². The van der Waals surface area contributed by atoms with Gasteiger partial charge in [-0.15, -0.1) is 0 Å². The van der Waals surface area contributed by atoms with E-state index in [1.165, 1.54) is 0 Å². The molecule has 3 aromatic rings. The summed E-state index contributed by atoms with van der Waals surface area (Å²) in [7, 11) is 0. The van der Waals surface area contributed by atoms with Crippen LogP contribution in [0, 0.1) is 0 Å². The number of nitrogens with one attached hydrogen (secondary N) is 2. The van der Waals surface area contributed by atoms with E-state index in [0.717, 1.165) is 26.7 Å². The maximum Gasteiger partial charge on any atom is 0.345 e. The molecule has 31 heavy (non-hydrogen) atoms. The topological polar surface area (TPSA) is 70.7 Å². The number of para-hydroxylation sites is 3. The number of hydrogen-bond donors (Lipinski definition) is 2. The van der Waals surface area contributed by atoms with Gasteiger partial charge in [0, 0.05) is 9.79 Å². The Balaban J connectivity index is 1.42. The Bertz CT molecular complexity index is 1070. The Kier molecular flexibility index (Phi) is 6.13. The van der Waals surface area contributed by atoms with Gasteiger partial charge in [0.2, 0.25) is 0 Å². The number of nitrogens with zero attached hydrogens (tertiary/aromatic N) is 1. The van der Waals surface area contributed by atoms with Gasteiger partial charge in [-0.3, -0.25) is 15.1 Å². The molecule has 0 aliphatic carbocycles. The van der Waals surface area contributed by atoms with Crippen molar-refractivity contribution in [1.82, 2.24) is 10.9 Å². The van der Waals surface area contributed by atoms with Crippen molar-refractivity contribution >= 4 is 35.1 Å². The lowest BCUT2D eigenvalue weighted by atomic mass is 10.0. The van der Waals surface area contributed by atoms with E-state index in [9.17, 15) is 9.59 Å². The zero-order chi connectivity index (χ0) is 21.8. The van der Waals surface area contributed by atoms with E-state index in [1.54, 1.807) is 16.7 Å². The summed E-state index contributed by atoms with van der Waals surface area (Å²) < 4.78 is 5.67. The Hall–Kier alpha value is -3.45. The summed E-state index contributed by atoms with van der Waals surface area (Å²) in [5.74, 6) is 0.492. The van der Waals surface area contributed by atoms with Crippen molar-refractivity contribution in [3.8, 4) is 5.75 Å². The van der Waals surface area contributed by atoms with Crippen LogP contribution >= 0.6 is 11.8 Å². The molecule has 4 rings (SSSR count). The minimum Gasteiger partial charge on any atom is -0.483 e. The maximum atomic E-state index is 13.0. The SMILES string of the molecule is CC(C)c1ccccc1OCC(=O)NNC(=O)N1c2ccccc2Sc2ccccc21. The molecule has 3 aromatic carbocycles. The Labute approximate surface area is 185 Å². The standard InChI is InChI=1S/C24H23N3O3S/c1-16(2)17-9-3-6-12-20(17)30-15-23(28)25-26-24(29)27-18-10-4-7-13-21(18)31-22-14-8-5-11-19(22)27/h3-14,16H,15H2,1-2H3,(H,25,28)(H,26,29). The smallest absolute Gasteiger partial charge is 0.345 e. The van der Waals surface area contributed by atoms with Crippen LogP contribution in [0.3, 0.4) is 0 Å². The van der Waals surface area contributed by atoms with E-state index in [4.69, 9.17) is 4.74 Å². The first-order chi connectivity index (χ1) is 15.0. The summed E-state index contributed by atoms with van der Waals surface area (Å²) in [5.41, 5.74) is 7.51. The van der Waals surface area contributed by atoms with E-state index in [2.05, 4.69) is 24.7 Å². The molecule has 0 saturated carbocycles. The lowest BCUT2D eigenvalue weighted by Gasteiger charge is -2.30. The summed E-state index contributed by atoms with van der Waals surface area (Å²) in [6, 6.07) is 22.5. The molecule has 6 nitrogen and oxygen atoms in total. The second kappa shape index (κ2) is 9.14. The van der Waals surface area contributed by atoms with Crippen LogP contribution in [0.25, 0.3) is 0 Å². The number of carbonyl (C=O) groups is 2. The Morgan fingerprint density at radius 3 is 2.10 bits per heavy atom. The molecule has 7 heteroatoms. The van der Waals surface area contributed by atoms with E-state index in [0.29, 0.717) is 5.75 Å². The summed E-state index contributed by atoms with van der Waals surface area (Å²) >= 11 is 1.61. The number of urea groups is 1. The summed E-state index contributed by atoms with van der Waals surface area (Å²) in [5, 5.41) is 0. The highest BCUT2D eigenvalue weighted by Crippen LogP contribution is 2.47. The van der Waals surface area contributed by atoms with Gasteiger partial charge in [0.15, 0.2) is 6.61 Å². The van der Waals surface area contributed by atoms with E-state index < -0.39 is 11.9 Å². The number of hydrazine groups is 1. The molecule has 0 spiro atoms. The predicted octanol–water partition coefficient (Wildman–Crippen LogP) is 5.23. The average molecular weight is 434 g/mol. The zero-order valence-electron chi connectivity index (χ0n) is 17.3. The van der Waals surface area contributed by atoms with Crippen LogP contribution in [0.2, 0.25) is 0 Å². The van der Waals surface area contributed by atoms with Crippen LogP contribution in [-0.2, 0) is 4.79 Å². The number of rotatable bonds is 4. The lowest BCUT2D eigenvalue weighted by Crippen LogP contribution is -2.49. The van der Waals surface area contributed by atoms with Gasteiger partial charge in [0.05, 0.1) is 11.4 Å². The number of anilines is 2. The molecule has 0 radical (unpaired) electrons. The van der Waals surface area contributed by atoms with Gasteiger partial charge in [0.25, 0.3) is 5.91 Å². The highest BCUT2D eigenvalue weighted by Gasteiger charge is 2.28. The molecule has 0 bridgehead atoms. The molecule has 0 saturated heterocycles. The van der Waals surface area contributed by atoms with Crippen LogP contribution in [0.4, 0.5) is 16.2 Å². The Morgan fingerprint density at radius 2 is 1.45 bits per heavy atom. The summed E-state index contributed by atoms with van der Waals surface area (Å²) in [4.78, 5) is 28.8. The normalized spacial score (nSPS) is 12.0. The van der Waals surface area contributed by atoms with Crippen LogP contribution in [0.15, 0.2) is 82.6 Å². The monoisotopic (exact) mass is 433 g/mol. The van der Waals surface area contributed by atoms with Crippen molar-refractivity contribution in [3.05, 3.63) is 78.4 Å². The molecule has 2 N–H and O–H groups in total. The third-order valence-corrected chi connectivity index (χ3v) is 5.97. The van der Waals surface area contributed by atoms with Gasteiger partial charge in [-0.2, -0.15) is 0 Å². The van der Waals surface area contributed by atoms with Gasteiger partial charge in [-0.25, -0.2) is 10.2 Å². The van der Waals surface area contributed by atoms with E-state index >= 15 is 0 Å². The molecule has 0 atom stereocenters. The van der Waals surface area contributed by atoms with Gasteiger partial charge in [0.1, 0.15) is 5.75 Å². The first-order valence-corrected chi connectivity index (χ1v) is 10.8. The molecule has 158 valence electrons. The highest BCUT2D eigenvalue weighted by molar-refractivity contribution is 7.99. The third-order valence-electron chi connectivity index (χ3n) is 4.84. The van der Waals surface area contributed by atoms with Gasteiger partial charge in [-0.05, 0) is 41.8 Å². The van der Waals surface area contributed by atoms with Gasteiger partial charge in [-0.1, -0.05) is 68.1 Å². The molecular formula is C24H23N3O3S. The highest BCUT2D eigenvalue weighted by atomic mass is 32.2. The first kappa shape index (κ1) is 20.8. The van der Waals surface area contributed by atoms with Crippen LogP contribution in [0.5, 0.6) is 5.75 Å². The second-order valence-electron chi connectivity index (χ2n) is 7.33. The second-order valence-corrected chi connectivity index (χ2v) is 8.42. The van der Waals surface area contributed by atoms with Crippen molar-refractivity contribution in [2.75, 3.05) is 11.5 Å². The largest absolute Gasteiger partial charge is 0.483 e. The van der Waals surface area contributed by atoms with Crippen LogP contribution in [-0.4, -0.2) is 18.5 Å². The maximum absolute atomic E-state index is 13.0. The number of hydrogen-bond acceptors (Lipinski definition) is 4. The van der Waals surface area contributed by atoms with Crippen molar-refractivity contribution < 1.29 is 14.3 Å². The molecule has 0 aromatic heterocycles. The average Bonchev–Trinajstić information content (AvgIpc) is 2.79. The molecule has 0 unspecified atom stereocenters. The van der Waals surface area contributed by atoms with E-state index in [1.807, 2.05) is 72.8 Å².